The zero-order chi connectivity index (χ0) is 19.9. The van der Waals surface area contributed by atoms with Crippen molar-refractivity contribution in [3.05, 3.63) is 48.0 Å². The number of rotatable bonds is 3. The van der Waals surface area contributed by atoms with Gasteiger partial charge in [0, 0.05) is 39.8 Å². The molecular formula is C20H24FN5O2. The molecule has 0 saturated carbocycles. The summed E-state index contributed by atoms with van der Waals surface area (Å²) in [6, 6.07) is 6.50. The van der Waals surface area contributed by atoms with Crippen molar-refractivity contribution in [2.24, 2.45) is 7.05 Å². The SMILES string of the molecule is CC(=O)N1CC(=O)N(c2cnn(C)c2)C[C@]12CCN(Cc1ccc(F)cc1)C2. The molecule has 2 aliphatic heterocycles. The summed E-state index contributed by atoms with van der Waals surface area (Å²) in [5, 5.41) is 4.17. The lowest BCUT2D eigenvalue weighted by Gasteiger charge is -2.48. The highest BCUT2D eigenvalue weighted by molar-refractivity contribution is 5.98. The van der Waals surface area contributed by atoms with Crippen molar-refractivity contribution in [1.82, 2.24) is 19.6 Å². The zero-order valence-corrected chi connectivity index (χ0v) is 16.1. The van der Waals surface area contributed by atoms with E-state index in [1.54, 1.807) is 32.8 Å². The molecule has 0 bridgehead atoms. The predicted octanol–water partition coefficient (Wildman–Crippen LogP) is 1.40. The number of aryl methyl sites for hydroxylation is 1. The average molecular weight is 385 g/mol. The minimum Gasteiger partial charge on any atom is -0.325 e. The fraction of sp³-hybridized carbons (Fsp3) is 0.450. The van der Waals surface area contributed by atoms with E-state index in [1.165, 1.54) is 19.1 Å². The standard InChI is InChI=1S/C20H24FN5O2/c1-15(27)26-12-19(28)25(18-9-22-23(2)11-18)14-20(26)7-8-24(13-20)10-16-3-5-17(21)6-4-16/h3-6,9,11H,7-8,10,12-14H2,1-2H3/t20-/m1/s1. The molecule has 2 saturated heterocycles. The Morgan fingerprint density at radius 3 is 2.64 bits per heavy atom. The van der Waals surface area contributed by atoms with Crippen LogP contribution in [0.25, 0.3) is 0 Å². The molecule has 1 aromatic carbocycles. The first kappa shape index (κ1) is 18.6. The third-order valence-electron chi connectivity index (χ3n) is 5.73. The number of aromatic nitrogens is 2. The Labute approximate surface area is 163 Å². The molecule has 2 aliphatic rings. The molecule has 0 radical (unpaired) electrons. The number of benzene rings is 1. The van der Waals surface area contributed by atoms with Gasteiger partial charge in [-0.2, -0.15) is 5.10 Å². The maximum atomic E-state index is 13.2. The number of halogens is 1. The summed E-state index contributed by atoms with van der Waals surface area (Å²) < 4.78 is 14.8. The molecular weight excluding hydrogens is 361 g/mol. The number of likely N-dealkylation sites (tertiary alicyclic amines) is 1. The van der Waals surface area contributed by atoms with E-state index >= 15 is 0 Å². The number of carbonyl (C=O) groups is 2. The highest BCUT2D eigenvalue weighted by Crippen LogP contribution is 2.35. The molecule has 1 spiro atoms. The van der Waals surface area contributed by atoms with Crippen molar-refractivity contribution in [3.63, 3.8) is 0 Å². The normalized spacial score (nSPS) is 23.0. The molecule has 7 nitrogen and oxygen atoms in total. The quantitative estimate of drug-likeness (QED) is 0.801. The van der Waals surface area contributed by atoms with Crippen molar-refractivity contribution in [3.8, 4) is 0 Å². The second-order valence-corrected chi connectivity index (χ2v) is 7.77. The molecule has 1 aromatic heterocycles. The van der Waals surface area contributed by atoms with Crippen molar-refractivity contribution in [2.45, 2.75) is 25.4 Å². The van der Waals surface area contributed by atoms with E-state index in [9.17, 15) is 14.0 Å². The van der Waals surface area contributed by atoms with E-state index in [2.05, 4.69) is 10.00 Å². The van der Waals surface area contributed by atoms with Crippen molar-refractivity contribution < 1.29 is 14.0 Å². The van der Waals surface area contributed by atoms with Gasteiger partial charge in [-0.3, -0.25) is 19.2 Å². The number of piperazine rings is 1. The number of nitrogens with zero attached hydrogens (tertiary/aromatic N) is 5. The first-order valence-corrected chi connectivity index (χ1v) is 9.40. The van der Waals surface area contributed by atoms with Crippen LogP contribution in [0, 0.1) is 5.82 Å². The summed E-state index contributed by atoms with van der Waals surface area (Å²) in [4.78, 5) is 30.8. The molecule has 0 N–H and O–H groups in total. The van der Waals surface area contributed by atoms with Crippen LogP contribution in [0.2, 0.25) is 0 Å². The molecule has 2 aromatic rings. The van der Waals surface area contributed by atoms with Crippen molar-refractivity contribution >= 4 is 17.5 Å². The van der Waals surface area contributed by atoms with Crippen LogP contribution < -0.4 is 4.90 Å². The van der Waals surface area contributed by atoms with Crippen molar-refractivity contribution in [1.29, 1.82) is 0 Å². The smallest absolute Gasteiger partial charge is 0.246 e. The fourth-order valence-electron chi connectivity index (χ4n) is 4.36. The number of hydrogen-bond donors (Lipinski definition) is 0. The van der Waals surface area contributed by atoms with Crippen molar-refractivity contribution in [2.75, 3.05) is 31.1 Å². The predicted molar refractivity (Wildman–Crippen MR) is 102 cm³/mol. The molecule has 3 heterocycles. The Morgan fingerprint density at radius 1 is 1.25 bits per heavy atom. The number of hydrogen-bond acceptors (Lipinski definition) is 4. The molecule has 2 amide bonds. The largest absolute Gasteiger partial charge is 0.325 e. The first-order valence-electron chi connectivity index (χ1n) is 9.40. The second-order valence-electron chi connectivity index (χ2n) is 7.77. The molecule has 28 heavy (non-hydrogen) atoms. The van der Waals surface area contributed by atoms with Crippen LogP contribution in [0.1, 0.15) is 18.9 Å². The molecule has 1 atom stereocenters. The highest BCUT2D eigenvalue weighted by Gasteiger charge is 2.50. The van der Waals surface area contributed by atoms with Crippen LogP contribution in [-0.4, -0.2) is 63.1 Å². The average Bonchev–Trinajstić information content (AvgIpc) is 3.26. The summed E-state index contributed by atoms with van der Waals surface area (Å²) in [5.41, 5.74) is 1.37. The summed E-state index contributed by atoms with van der Waals surface area (Å²) in [5.74, 6) is -0.420. The molecule has 4 rings (SSSR count). The maximum absolute atomic E-state index is 13.2. The van der Waals surface area contributed by atoms with Crippen LogP contribution in [-0.2, 0) is 23.2 Å². The van der Waals surface area contributed by atoms with Gasteiger partial charge in [0.2, 0.25) is 11.8 Å². The van der Waals surface area contributed by atoms with Crippen LogP contribution in [0.4, 0.5) is 10.1 Å². The van der Waals surface area contributed by atoms with Gasteiger partial charge in [0.05, 0.1) is 24.0 Å². The second kappa shape index (κ2) is 7.01. The van der Waals surface area contributed by atoms with E-state index in [0.717, 1.165) is 24.2 Å². The summed E-state index contributed by atoms with van der Waals surface area (Å²) in [6.45, 7) is 4.24. The van der Waals surface area contributed by atoms with E-state index in [0.29, 0.717) is 19.6 Å². The Hall–Kier alpha value is -2.74. The Balaban J connectivity index is 1.56. The minimum absolute atomic E-state index is 0.0780. The monoisotopic (exact) mass is 385 g/mol. The summed E-state index contributed by atoms with van der Waals surface area (Å²) >= 11 is 0. The van der Waals surface area contributed by atoms with E-state index in [1.807, 2.05) is 13.2 Å². The van der Waals surface area contributed by atoms with Gasteiger partial charge in [0.15, 0.2) is 0 Å². The third-order valence-corrected chi connectivity index (χ3v) is 5.73. The molecule has 2 fully saturated rings. The number of anilines is 1. The van der Waals surface area contributed by atoms with Gasteiger partial charge in [0.1, 0.15) is 12.4 Å². The number of amides is 2. The van der Waals surface area contributed by atoms with Crippen LogP contribution in [0.3, 0.4) is 0 Å². The van der Waals surface area contributed by atoms with Gasteiger partial charge in [-0.1, -0.05) is 12.1 Å². The Bertz CT molecular complexity index is 896. The van der Waals surface area contributed by atoms with Crippen LogP contribution >= 0.6 is 0 Å². The molecule has 148 valence electrons. The van der Waals surface area contributed by atoms with E-state index in [-0.39, 0.29) is 24.2 Å². The third kappa shape index (κ3) is 3.40. The topological polar surface area (TPSA) is 61.7 Å². The molecule has 0 aliphatic carbocycles. The number of carbonyl (C=O) groups excluding carboxylic acids is 2. The van der Waals surface area contributed by atoms with Gasteiger partial charge in [0.25, 0.3) is 0 Å². The maximum Gasteiger partial charge on any atom is 0.246 e. The Kier molecular flexibility index (Phi) is 4.66. The minimum atomic E-state index is -0.421. The Morgan fingerprint density at radius 2 is 2.00 bits per heavy atom. The summed E-state index contributed by atoms with van der Waals surface area (Å²) in [6.07, 6.45) is 4.29. The lowest BCUT2D eigenvalue weighted by atomic mass is 9.92. The van der Waals surface area contributed by atoms with Gasteiger partial charge in [-0.15, -0.1) is 0 Å². The van der Waals surface area contributed by atoms with Gasteiger partial charge in [-0.25, -0.2) is 4.39 Å². The molecule has 8 heteroatoms. The van der Waals surface area contributed by atoms with E-state index < -0.39 is 5.54 Å². The highest BCUT2D eigenvalue weighted by atomic mass is 19.1. The van der Waals surface area contributed by atoms with E-state index in [4.69, 9.17) is 0 Å². The van der Waals surface area contributed by atoms with Gasteiger partial charge >= 0.3 is 0 Å². The van der Waals surface area contributed by atoms with Gasteiger partial charge in [-0.05, 0) is 24.1 Å². The van der Waals surface area contributed by atoms with Crippen LogP contribution in [0.5, 0.6) is 0 Å². The lowest BCUT2D eigenvalue weighted by molar-refractivity contribution is -0.142. The first-order chi connectivity index (χ1) is 13.4. The molecule has 0 unspecified atom stereocenters. The summed E-state index contributed by atoms with van der Waals surface area (Å²) in [7, 11) is 1.82. The lowest BCUT2D eigenvalue weighted by Crippen LogP contribution is -2.66. The zero-order valence-electron chi connectivity index (χ0n) is 16.1. The van der Waals surface area contributed by atoms with Crippen LogP contribution in [0.15, 0.2) is 36.7 Å². The fourth-order valence-corrected chi connectivity index (χ4v) is 4.36. The van der Waals surface area contributed by atoms with Gasteiger partial charge < -0.3 is 9.80 Å².